The van der Waals surface area contributed by atoms with Gasteiger partial charge in [0.25, 0.3) is 0 Å². The standard InChI is InChI=1S/C13H18BrClN2O2/c1-8(2)17(12(18)19-13(3,4)5)10-6-9(14)7-16-11(10)15/h6-8H,1-5H3. The number of hydrogen-bond acceptors (Lipinski definition) is 3. The lowest BCUT2D eigenvalue weighted by atomic mass is 10.2. The second kappa shape index (κ2) is 6.09. The van der Waals surface area contributed by atoms with Crippen LogP contribution in [0.2, 0.25) is 5.15 Å². The maximum atomic E-state index is 12.3. The molecule has 1 aromatic heterocycles. The number of ether oxygens (including phenoxy) is 1. The molecule has 0 unspecified atom stereocenters. The van der Waals surface area contributed by atoms with E-state index in [4.69, 9.17) is 16.3 Å². The Hall–Kier alpha value is -0.810. The lowest BCUT2D eigenvalue weighted by Crippen LogP contribution is -2.41. The summed E-state index contributed by atoms with van der Waals surface area (Å²) in [5.41, 5.74) is -0.0313. The summed E-state index contributed by atoms with van der Waals surface area (Å²) >= 11 is 9.39. The number of halogens is 2. The highest BCUT2D eigenvalue weighted by atomic mass is 79.9. The van der Waals surface area contributed by atoms with E-state index in [1.54, 1.807) is 12.3 Å². The van der Waals surface area contributed by atoms with Gasteiger partial charge in [0.15, 0.2) is 5.15 Å². The number of amides is 1. The van der Waals surface area contributed by atoms with Gasteiger partial charge in [-0.1, -0.05) is 11.6 Å². The predicted octanol–water partition coefficient (Wildman–Crippen LogP) is 4.65. The van der Waals surface area contributed by atoms with Crippen LogP contribution in [0.4, 0.5) is 10.5 Å². The molecule has 4 nitrogen and oxygen atoms in total. The van der Waals surface area contributed by atoms with Gasteiger partial charge in [-0.3, -0.25) is 4.90 Å². The first-order valence-electron chi connectivity index (χ1n) is 5.95. The first-order chi connectivity index (χ1) is 8.61. The second-order valence-electron chi connectivity index (χ2n) is 5.41. The Kier molecular flexibility index (Phi) is 5.21. The van der Waals surface area contributed by atoms with E-state index in [9.17, 15) is 4.79 Å². The lowest BCUT2D eigenvalue weighted by molar-refractivity contribution is 0.0570. The molecule has 1 rings (SSSR count). The van der Waals surface area contributed by atoms with Gasteiger partial charge >= 0.3 is 6.09 Å². The van der Waals surface area contributed by atoms with Gasteiger partial charge in [0.2, 0.25) is 0 Å². The number of pyridine rings is 1. The number of carbonyl (C=O) groups excluding carboxylic acids is 1. The van der Waals surface area contributed by atoms with Crippen molar-refractivity contribution in [3.8, 4) is 0 Å². The maximum Gasteiger partial charge on any atom is 0.415 e. The van der Waals surface area contributed by atoms with Crippen LogP contribution in [0, 0.1) is 0 Å². The Balaban J connectivity index is 3.14. The number of rotatable bonds is 2. The summed E-state index contributed by atoms with van der Waals surface area (Å²) in [4.78, 5) is 17.8. The van der Waals surface area contributed by atoms with E-state index in [1.807, 2.05) is 34.6 Å². The van der Waals surface area contributed by atoms with E-state index >= 15 is 0 Å². The van der Waals surface area contributed by atoms with Crippen LogP contribution in [0.15, 0.2) is 16.7 Å². The van der Waals surface area contributed by atoms with Crippen LogP contribution >= 0.6 is 27.5 Å². The number of carbonyl (C=O) groups is 1. The van der Waals surface area contributed by atoms with Gasteiger partial charge in [-0.2, -0.15) is 0 Å². The summed E-state index contributed by atoms with van der Waals surface area (Å²) < 4.78 is 6.15. The van der Waals surface area contributed by atoms with Gasteiger partial charge in [-0.05, 0) is 56.6 Å². The van der Waals surface area contributed by atoms with Crippen LogP contribution in [0.1, 0.15) is 34.6 Å². The van der Waals surface area contributed by atoms with E-state index in [-0.39, 0.29) is 11.2 Å². The highest BCUT2D eigenvalue weighted by Crippen LogP contribution is 2.29. The lowest BCUT2D eigenvalue weighted by Gasteiger charge is -2.30. The van der Waals surface area contributed by atoms with E-state index in [1.165, 1.54) is 4.90 Å². The van der Waals surface area contributed by atoms with Gasteiger partial charge < -0.3 is 4.74 Å². The number of hydrogen-bond donors (Lipinski definition) is 0. The maximum absolute atomic E-state index is 12.3. The fraction of sp³-hybridized carbons (Fsp3) is 0.538. The first-order valence-corrected chi connectivity index (χ1v) is 7.12. The molecular formula is C13H18BrClN2O2. The number of aromatic nitrogens is 1. The van der Waals surface area contributed by atoms with Crippen molar-refractivity contribution in [3.05, 3.63) is 21.9 Å². The van der Waals surface area contributed by atoms with Crippen LogP contribution < -0.4 is 4.90 Å². The van der Waals surface area contributed by atoms with Gasteiger partial charge in [-0.15, -0.1) is 0 Å². The second-order valence-corrected chi connectivity index (χ2v) is 6.68. The number of nitrogens with zero attached hydrogens (tertiary/aromatic N) is 2. The summed E-state index contributed by atoms with van der Waals surface area (Å²) in [6.07, 6.45) is 1.14. The third-order valence-electron chi connectivity index (χ3n) is 2.15. The SMILES string of the molecule is CC(C)N(C(=O)OC(C)(C)C)c1cc(Br)cnc1Cl. The smallest absolute Gasteiger partial charge is 0.415 e. The third kappa shape index (κ3) is 4.66. The molecule has 0 saturated heterocycles. The van der Waals surface area contributed by atoms with Crippen molar-refractivity contribution in [2.45, 2.75) is 46.3 Å². The molecule has 106 valence electrons. The van der Waals surface area contributed by atoms with Crippen molar-refractivity contribution >= 4 is 39.3 Å². The molecule has 1 heterocycles. The molecule has 19 heavy (non-hydrogen) atoms. The molecule has 0 spiro atoms. The Bertz CT molecular complexity index is 472. The van der Waals surface area contributed by atoms with Crippen molar-refractivity contribution in [2.24, 2.45) is 0 Å². The van der Waals surface area contributed by atoms with Crippen molar-refractivity contribution in [3.63, 3.8) is 0 Å². The molecule has 0 bridgehead atoms. The first kappa shape index (κ1) is 16.2. The van der Waals surface area contributed by atoms with Crippen LogP contribution in [0.3, 0.4) is 0 Å². The summed E-state index contributed by atoms with van der Waals surface area (Å²) in [5.74, 6) is 0. The highest BCUT2D eigenvalue weighted by Gasteiger charge is 2.27. The minimum Gasteiger partial charge on any atom is -0.443 e. The number of anilines is 1. The molecule has 0 fully saturated rings. The molecule has 0 radical (unpaired) electrons. The van der Waals surface area contributed by atoms with E-state index in [2.05, 4.69) is 20.9 Å². The molecule has 1 amide bonds. The fourth-order valence-electron chi connectivity index (χ4n) is 1.48. The average molecular weight is 350 g/mol. The largest absolute Gasteiger partial charge is 0.443 e. The molecule has 0 aliphatic rings. The molecule has 0 atom stereocenters. The predicted molar refractivity (Wildman–Crippen MR) is 80.8 cm³/mol. The Morgan fingerprint density at radius 3 is 2.53 bits per heavy atom. The normalized spacial score (nSPS) is 11.6. The molecule has 1 aromatic rings. The zero-order valence-electron chi connectivity index (χ0n) is 11.7. The highest BCUT2D eigenvalue weighted by molar-refractivity contribution is 9.10. The molecule has 0 saturated carbocycles. The molecular weight excluding hydrogens is 332 g/mol. The summed E-state index contributed by atoms with van der Waals surface area (Å²) in [6, 6.07) is 1.66. The molecule has 6 heteroatoms. The van der Waals surface area contributed by atoms with Gasteiger partial charge in [0, 0.05) is 16.7 Å². The van der Waals surface area contributed by atoms with Crippen LogP contribution in [-0.2, 0) is 4.74 Å². The minimum atomic E-state index is -0.559. The monoisotopic (exact) mass is 348 g/mol. The molecule has 0 aliphatic heterocycles. The topological polar surface area (TPSA) is 42.4 Å². The van der Waals surface area contributed by atoms with Crippen LogP contribution in [0.25, 0.3) is 0 Å². The molecule has 0 aromatic carbocycles. The van der Waals surface area contributed by atoms with Crippen LogP contribution in [0.5, 0.6) is 0 Å². The Labute approximate surface area is 127 Å². The Morgan fingerprint density at radius 2 is 2.05 bits per heavy atom. The quantitative estimate of drug-likeness (QED) is 0.730. The van der Waals surface area contributed by atoms with Crippen molar-refractivity contribution < 1.29 is 9.53 Å². The Morgan fingerprint density at radius 1 is 1.47 bits per heavy atom. The zero-order chi connectivity index (χ0) is 14.8. The summed E-state index contributed by atoms with van der Waals surface area (Å²) in [6.45, 7) is 9.25. The van der Waals surface area contributed by atoms with E-state index in [0.29, 0.717) is 5.69 Å². The third-order valence-corrected chi connectivity index (χ3v) is 2.88. The van der Waals surface area contributed by atoms with Crippen LogP contribution in [-0.4, -0.2) is 22.7 Å². The fourth-order valence-corrected chi connectivity index (χ4v) is 1.99. The minimum absolute atomic E-state index is 0.0940. The van der Waals surface area contributed by atoms with E-state index in [0.717, 1.165) is 4.47 Å². The van der Waals surface area contributed by atoms with Crippen molar-refractivity contribution in [1.82, 2.24) is 4.98 Å². The van der Waals surface area contributed by atoms with Gasteiger partial charge in [0.05, 0.1) is 5.69 Å². The van der Waals surface area contributed by atoms with Crippen molar-refractivity contribution in [1.29, 1.82) is 0 Å². The summed E-state index contributed by atoms with van der Waals surface area (Å²) in [7, 11) is 0. The van der Waals surface area contributed by atoms with Crippen molar-refractivity contribution in [2.75, 3.05) is 4.90 Å². The van der Waals surface area contributed by atoms with Gasteiger partial charge in [0.1, 0.15) is 5.60 Å². The molecule has 0 aliphatic carbocycles. The molecule has 0 N–H and O–H groups in total. The average Bonchev–Trinajstić information content (AvgIpc) is 2.20. The summed E-state index contributed by atoms with van der Waals surface area (Å²) in [5, 5.41) is 0.266. The zero-order valence-corrected chi connectivity index (χ0v) is 14.0. The van der Waals surface area contributed by atoms with Gasteiger partial charge in [-0.25, -0.2) is 9.78 Å². The van der Waals surface area contributed by atoms with E-state index < -0.39 is 11.7 Å².